The second-order valence-electron chi connectivity index (χ2n) is 5.02. The lowest BCUT2D eigenvalue weighted by molar-refractivity contribution is -0.138. The summed E-state index contributed by atoms with van der Waals surface area (Å²) in [5.41, 5.74) is 0.877. The van der Waals surface area contributed by atoms with Crippen molar-refractivity contribution in [1.29, 1.82) is 0 Å². The fraction of sp³-hybridized carbons (Fsp3) is 0.533. The number of carboxylic acids is 1. The highest BCUT2D eigenvalue weighted by Crippen LogP contribution is 2.22. The van der Waals surface area contributed by atoms with Gasteiger partial charge in [-0.25, -0.2) is 0 Å². The van der Waals surface area contributed by atoms with Crippen molar-refractivity contribution in [3.63, 3.8) is 0 Å². The van der Waals surface area contributed by atoms with Crippen molar-refractivity contribution in [3.05, 3.63) is 35.9 Å². The number of carboxylic acid groups (broad SMARTS) is 1. The molecule has 1 aromatic carbocycles. The van der Waals surface area contributed by atoms with E-state index in [1.807, 2.05) is 42.1 Å². The average molecular weight is 279 g/mol. The van der Waals surface area contributed by atoms with E-state index < -0.39 is 11.9 Å². The Hall–Kier alpha value is -1.00. The van der Waals surface area contributed by atoms with Gasteiger partial charge in [0.2, 0.25) is 0 Å². The molecule has 4 heteroatoms. The zero-order chi connectivity index (χ0) is 13.5. The molecule has 2 N–H and O–H groups in total. The second kappa shape index (κ2) is 7.56. The van der Waals surface area contributed by atoms with E-state index in [9.17, 15) is 9.90 Å². The Bertz CT molecular complexity index is 390. The van der Waals surface area contributed by atoms with Crippen LogP contribution in [0.2, 0.25) is 0 Å². The molecule has 0 amide bonds. The number of hydrogen-bond acceptors (Lipinski definition) is 3. The quantitative estimate of drug-likeness (QED) is 0.840. The maximum atomic E-state index is 11.3. The number of aliphatic carboxylic acids is 1. The summed E-state index contributed by atoms with van der Waals surface area (Å²) in [5.74, 6) is 2.00. The normalized spacial score (nSPS) is 18.1. The topological polar surface area (TPSA) is 49.3 Å². The lowest BCUT2D eigenvalue weighted by atomic mass is 9.98. The van der Waals surface area contributed by atoms with Gasteiger partial charge in [0, 0.05) is 6.54 Å². The molecule has 0 radical (unpaired) electrons. The van der Waals surface area contributed by atoms with Crippen LogP contribution in [0.4, 0.5) is 0 Å². The van der Waals surface area contributed by atoms with Gasteiger partial charge < -0.3 is 10.4 Å². The first-order valence-electron chi connectivity index (χ1n) is 6.83. The fourth-order valence-electron chi connectivity index (χ4n) is 2.42. The minimum Gasteiger partial charge on any atom is -0.481 e. The molecule has 0 saturated carbocycles. The maximum Gasteiger partial charge on any atom is 0.312 e. The molecule has 0 bridgehead atoms. The molecule has 1 fully saturated rings. The molecular formula is C15H21NO2S. The van der Waals surface area contributed by atoms with Crippen LogP contribution in [0.1, 0.15) is 24.3 Å². The van der Waals surface area contributed by atoms with Crippen molar-refractivity contribution in [2.75, 3.05) is 24.6 Å². The summed E-state index contributed by atoms with van der Waals surface area (Å²) >= 11 is 2.02. The summed E-state index contributed by atoms with van der Waals surface area (Å²) in [6, 6.07) is 9.47. The largest absolute Gasteiger partial charge is 0.481 e. The van der Waals surface area contributed by atoms with E-state index in [-0.39, 0.29) is 0 Å². The molecule has 1 saturated heterocycles. The van der Waals surface area contributed by atoms with Crippen LogP contribution >= 0.6 is 11.8 Å². The highest BCUT2D eigenvalue weighted by Gasteiger charge is 2.20. The Morgan fingerprint density at radius 2 is 2.00 bits per heavy atom. The van der Waals surface area contributed by atoms with Crippen molar-refractivity contribution in [2.24, 2.45) is 5.92 Å². The van der Waals surface area contributed by atoms with Crippen LogP contribution in [0, 0.1) is 5.92 Å². The molecule has 3 nitrogen and oxygen atoms in total. The maximum absolute atomic E-state index is 11.3. The molecule has 1 aromatic rings. The molecule has 1 unspecified atom stereocenters. The molecule has 104 valence electrons. The Morgan fingerprint density at radius 1 is 1.32 bits per heavy atom. The van der Waals surface area contributed by atoms with Gasteiger partial charge in [-0.3, -0.25) is 4.79 Å². The van der Waals surface area contributed by atoms with Crippen molar-refractivity contribution in [2.45, 2.75) is 18.8 Å². The van der Waals surface area contributed by atoms with Crippen LogP contribution in [0.5, 0.6) is 0 Å². The third kappa shape index (κ3) is 4.55. The van der Waals surface area contributed by atoms with Gasteiger partial charge in [-0.15, -0.1) is 0 Å². The van der Waals surface area contributed by atoms with Gasteiger partial charge in [-0.2, -0.15) is 11.8 Å². The number of nitrogens with one attached hydrogen (secondary N) is 1. The number of hydrogen-bond donors (Lipinski definition) is 2. The Kier molecular flexibility index (Phi) is 5.73. The molecule has 2 rings (SSSR count). The van der Waals surface area contributed by atoms with E-state index in [2.05, 4.69) is 5.32 Å². The van der Waals surface area contributed by atoms with E-state index in [0.29, 0.717) is 12.5 Å². The average Bonchev–Trinajstić information content (AvgIpc) is 2.45. The standard InChI is InChI=1S/C15H21NO2S/c17-15(18)14(13-4-2-1-3-5-13)11-16-10-12-6-8-19-9-7-12/h1-5,12,14,16H,6-11H2,(H,17,18). The van der Waals surface area contributed by atoms with Gasteiger partial charge in [-0.05, 0) is 42.4 Å². The smallest absolute Gasteiger partial charge is 0.312 e. The molecular weight excluding hydrogens is 258 g/mol. The van der Waals surface area contributed by atoms with Gasteiger partial charge >= 0.3 is 5.97 Å². The minimum atomic E-state index is -0.752. The number of benzene rings is 1. The molecule has 1 aliphatic rings. The van der Waals surface area contributed by atoms with Crippen molar-refractivity contribution in [3.8, 4) is 0 Å². The fourth-order valence-corrected chi connectivity index (χ4v) is 3.62. The molecule has 1 atom stereocenters. The summed E-state index contributed by atoms with van der Waals surface area (Å²) in [4.78, 5) is 11.3. The predicted molar refractivity (Wildman–Crippen MR) is 79.7 cm³/mol. The van der Waals surface area contributed by atoms with Gasteiger partial charge in [0.15, 0.2) is 0 Å². The zero-order valence-corrected chi connectivity index (χ0v) is 11.9. The van der Waals surface area contributed by atoms with Crippen molar-refractivity contribution >= 4 is 17.7 Å². The van der Waals surface area contributed by atoms with Crippen LogP contribution in [0.3, 0.4) is 0 Å². The molecule has 0 aliphatic carbocycles. The summed E-state index contributed by atoms with van der Waals surface area (Å²) in [5, 5.41) is 12.7. The third-order valence-corrected chi connectivity index (χ3v) is 4.67. The molecule has 0 spiro atoms. The van der Waals surface area contributed by atoms with Crippen LogP contribution in [-0.2, 0) is 4.79 Å². The zero-order valence-electron chi connectivity index (χ0n) is 11.0. The number of carbonyl (C=O) groups is 1. The van der Waals surface area contributed by atoms with Gasteiger partial charge in [-0.1, -0.05) is 30.3 Å². The lowest BCUT2D eigenvalue weighted by Crippen LogP contribution is -2.31. The van der Waals surface area contributed by atoms with E-state index in [1.165, 1.54) is 24.3 Å². The number of thioether (sulfide) groups is 1. The van der Waals surface area contributed by atoms with Gasteiger partial charge in [0.05, 0.1) is 5.92 Å². The highest BCUT2D eigenvalue weighted by molar-refractivity contribution is 7.99. The van der Waals surface area contributed by atoms with E-state index in [4.69, 9.17) is 0 Å². The first kappa shape index (κ1) is 14.4. The van der Waals surface area contributed by atoms with Crippen LogP contribution in [0.25, 0.3) is 0 Å². The van der Waals surface area contributed by atoms with E-state index in [0.717, 1.165) is 12.1 Å². The summed E-state index contributed by atoms with van der Waals surface area (Å²) in [6.07, 6.45) is 2.50. The predicted octanol–water partition coefficient (Wildman–Crippen LogP) is 2.59. The molecule has 1 heterocycles. The Labute approximate surface area is 118 Å². The highest BCUT2D eigenvalue weighted by atomic mass is 32.2. The van der Waals surface area contributed by atoms with E-state index in [1.54, 1.807) is 0 Å². The monoisotopic (exact) mass is 279 g/mol. The van der Waals surface area contributed by atoms with Gasteiger partial charge in [0.25, 0.3) is 0 Å². The third-order valence-electron chi connectivity index (χ3n) is 3.62. The lowest BCUT2D eigenvalue weighted by Gasteiger charge is -2.22. The molecule has 19 heavy (non-hydrogen) atoms. The van der Waals surface area contributed by atoms with Crippen LogP contribution in [-0.4, -0.2) is 35.7 Å². The first-order valence-corrected chi connectivity index (χ1v) is 7.99. The Morgan fingerprint density at radius 3 is 2.63 bits per heavy atom. The first-order chi connectivity index (χ1) is 9.27. The molecule has 1 aliphatic heterocycles. The van der Waals surface area contributed by atoms with E-state index >= 15 is 0 Å². The Balaban J connectivity index is 1.82. The van der Waals surface area contributed by atoms with Crippen molar-refractivity contribution < 1.29 is 9.90 Å². The summed E-state index contributed by atoms with van der Waals surface area (Å²) < 4.78 is 0. The second-order valence-corrected chi connectivity index (χ2v) is 6.24. The van der Waals surface area contributed by atoms with Crippen LogP contribution < -0.4 is 5.32 Å². The molecule has 0 aromatic heterocycles. The SMILES string of the molecule is O=C(O)C(CNCC1CCSCC1)c1ccccc1. The van der Waals surface area contributed by atoms with Crippen molar-refractivity contribution in [1.82, 2.24) is 5.32 Å². The van der Waals surface area contributed by atoms with Gasteiger partial charge in [0.1, 0.15) is 0 Å². The summed E-state index contributed by atoms with van der Waals surface area (Å²) in [7, 11) is 0. The van der Waals surface area contributed by atoms with Crippen LogP contribution in [0.15, 0.2) is 30.3 Å². The minimum absolute atomic E-state index is 0.445. The number of rotatable bonds is 6. The summed E-state index contributed by atoms with van der Waals surface area (Å²) in [6.45, 7) is 1.46.